The lowest BCUT2D eigenvalue weighted by Gasteiger charge is -2.36. The molecule has 1 saturated heterocycles. The number of carbonyl (C=O) groups is 2. The minimum atomic E-state index is -0.418. The highest BCUT2D eigenvalue weighted by molar-refractivity contribution is 7.99. The number of ether oxygens (including phenoxy) is 2. The summed E-state index contributed by atoms with van der Waals surface area (Å²) >= 11 is 1.83. The van der Waals surface area contributed by atoms with Crippen LogP contribution in [0, 0.1) is 0 Å². The number of esters is 1. The van der Waals surface area contributed by atoms with Crippen LogP contribution in [0.4, 0.5) is 4.79 Å². The molecule has 2 aliphatic rings. The number of hydrogen-bond donors (Lipinski definition) is 0. The molecule has 0 aromatic rings. The molecule has 21 heavy (non-hydrogen) atoms. The molecule has 5 nitrogen and oxygen atoms in total. The molecule has 1 amide bonds. The summed E-state index contributed by atoms with van der Waals surface area (Å²) in [5.41, 5.74) is -0.330. The average Bonchev–Trinajstić information content (AvgIpc) is 2.54. The Morgan fingerprint density at radius 1 is 1.14 bits per heavy atom. The second-order valence-electron chi connectivity index (χ2n) is 5.73. The van der Waals surface area contributed by atoms with Crippen LogP contribution < -0.4 is 0 Å². The molecule has 0 spiro atoms. The quantitative estimate of drug-likeness (QED) is 0.747. The Hall–Kier alpha value is -0.910. The summed E-state index contributed by atoms with van der Waals surface area (Å²) < 4.78 is 10.7. The number of thioether (sulfide) groups is 1. The molecule has 0 aromatic heterocycles. The highest BCUT2D eigenvalue weighted by Crippen LogP contribution is 2.34. The van der Waals surface area contributed by atoms with Gasteiger partial charge in [0.1, 0.15) is 5.60 Å². The van der Waals surface area contributed by atoms with Crippen molar-refractivity contribution in [3.05, 3.63) is 0 Å². The Kier molecular flexibility index (Phi) is 6.21. The largest absolute Gasteiger partial charge is 0.457 e. The molecule has 6 heteroatoms. The van der Waals surface area contributed by atoms with Gasteiger partial charge in [0.05, 0.1) is 0 Å². The van der Waals surface area contributed by atoms with Gasteiger partial charge in [0.2, 0.25) is 0 Å². The second kappa shape index (κ2) is 7.92. The molecule has 0 N–H and O–H groups in total. The number of rotatable bonds is 4. The molecule has 0 aromatic carbocycles. The van der Waals surface area contributed by atoms with Gasteiger partial charge < -0.3 is 14.4 Å². The van der Waals surface area contributed by atoms with Gasteiger partial charge in [0.15, 0.2) is 6.61 Å². The van der Waals surface area contributed by atoms with Crippen LogP contribution in [-0.2, 0) is 14.3 Å². The van der Waals surface area contributed by atoms with Gasteiger partial charge in [-0.25, -0.2) is 9.59 Å². The van der Waals surface area contributed by atoms with Crippen LogP contribution in [-0.4, -0.2) is 53.8 Å². The monoisotopic (exact) mass is 315 g/mol. The summed E-state index contributed by atoms with van der Waals surface area (Å²) in [6.07, 6.45) is 5.69. The van der Waals surface area contributed by atoms with Gasteiger partial charge in [-0.2, -0.15) is 11.8 Å². The van der Waals surface area contributed by atoms with Crippen molar-refractivity contribution in [1.29, 1.82) is 0 Å². The van der Waals surface area contributed by atoms with E-state index in [1.165, 1.54) is 6.42 Å². The SMILES string of the molecule is CCC1(OC(=O)COC(=O)N2CCSCC2)CCCCC1. The smallest absolute Gasteiger partial charge is 0.410 e. The first-order valence-corrected chi connectivity index (χ1v) is 9.02. The maximum Gasteiger partial charge on any atom is 0.410 e. The number of amides is 1. The molecule has 1 aliphatic carbocycles. The summed E-state index contributed by atoms with van der Waals surface area (Å²) in [4.78, 5) is 25.4. The van der Waals surface area contributed by atoms with Gasteiger partial charge in [-0.3, -0.25) is 0 Å². The molecule has 1 heterocycles. The van der Waals surface area contributed by atoms with E-state index >= 15 is 0 Å². The first-order valence-electron chi connectivity index (χ1n) is 7.86. The Labute approximate surface area is 130 Å². The van der Waals surface area contributed by atoms with E-state index in [1.807, 2.05) is 11.8 Å². The molecular weight excluding hydrogens is 290 g/mol. The summed E-state index contributed by atoms with van der Waals surface area (Å²) in [7, 11) is 0. The lowest BCUT2D eigenvalue weighted by Crippen LogP contribution is -2.41. The van der Waals surface area contributed by atoms with Crippen LogP contribution in [0.2, 0.25) is 0 Å². The fraction of sp³-hybridized carbons (Fsp3) is 0.867. The molecule has 2 rings (SSSR count). The Balaban J connectivity index is 1.74. The second-order valence-corrected chi connectivity index (χ2v) is 6.95. The summed E-state index contributed by atoms with van der Waals surface area (Å²) in [6, 6.07) is 0. The van der Waals surface area contributed by atoms with E-state index in [1.54, 1.807) is 4.90 Å². The highest BCUT2D eigenvalue weighted by Gasteiger charge is 2.34. The van der Waals surface area contributed by atoms with Crippen LogP contribution >= 0.6 is 11.8 Å². The van der Waals surface area contributed by atoms with E-state index < -0.39 is 12.1 Å². The number of nitrogens with zero attached hydrogens (tertiary/aromatic N) is 1. The third-order valence-corrected chi connectivity index (χ3v) is 5.26. The Morgan fingerprint density at radius 3 is 2.43 bits per heavy atom. The molecule has 0 unspecified atom stereocenters. The topological polar surface area (TPSA) is 55.8 Å². The van der Waals surface area contributed by atoms with E-state index in [2.05, 4.69) is 6.92 Å². The Morgan fingerprint density at radius 2 is 1.81 bits per heavy atom. The van der Waals surface area contributed by atoms with Gasteiger partial charge >= 0.3 is 12.1 Å². The van der Waals surface area contributed by atoms with Crippen molar-refractivity contribution < 1.29 is 19.1 Å². The molecule has 2 fully saturated rings. The average molecular weight is 315 g/mol. The highest BCUT2D eigenvalue weighted by atomic mass is 32.2. The normalized spacial score (nSPS) is 21.7. The molecule has 1 aliphatic heterocycles. The van der Waals surface area contributed by atoms with Crippen LogP contribution in [0.1, 0.15) is 45.4 Å². The lowest BCUT2D eigenvalue weighted by atomic mass is 9.83. The molecule has 1 saturated carbocycles. The van der Waals surface area contributed by atoms with Crippen LogP contribution in [0.15, 0.2) is 0 Å². The molecule has 0 radical (unpaired) electrons. The van der Waals surface area contributed by atoms with E-state index in [-0.39, 0.29) is 12.2 Å². The minimum Gasteiger partial charge on any atom is -0.457 e. The fourth-order valence-corrected chi connectivity index (χ4v) is 3.86. The van der Waals surface area contributed by atoms with E-state index in [0.29, 0.717) is 13.1 Å². The standard InChI is InChI=1S/C15H25NO4S/c1-2-15(6-4-3-5-7-15)20-13(17)12-19-14(18)16-8-10-21-11-9-16/h2-12H2,1H3. The minimum absolute atomic E-state index is 0.274. The zero-order valence-electron chi connectivity index (χ0n) is 12.8. The van der Waals surface area contributed by atoms with Crippen LogP contribution in [0.5, 0.6) is 0 Å². The van der Waals surface area contributed by atoms with E-state index in [4.69, 9.17) is 9.47 Å². The first kappa shape index (κ1) is 16.5. The summed E-state index contributed by atoms with van der Waals surface area (Å²) in [5, 5.41) is 0. The van der Waals surface area contributed by atoms with Gasteiger partial charge in [0, 0.05) is 24.6 Å². The van der Waals surface area contributed by atoms with Crippen molar-refractivity contribution in [2.24, 2.45) is 0 Å². The van der Waals surface area contributed by atoms with Crippen molar-refractivity contribution in [1.82, 2.24) is 4.90 Å². The van der Waals surface area contributed by atoms with Gasteiger partial charge in [-0.1, -0.05) is 13.3 Å². The maximum absolute atomic E-state index is 11.9. The summed E-state index contributed by atoms with van der Waals surface area (Å²) in [5.74, 6) is 1.44. The zero-order valence-corrected chi connectivity index (χ0v) is 13.6. The van der Waals surface area contributed by atoms with Crippen molar-refractivity contribution in [2.75, 3.05) is 31.2 Å². The van der Waals surface area contributed by atoms with E-state index in [0.717, 1.165) is 43.6 Å². The third kappa shape index (κ3) is 4.80. The predicted octanol–water partition coefficient (Wildman–Crippen LogP) is 2.83. The van der Waals surface area contributed by atoms with Crippen molar-refractivity contribution in [2.45, 2.75) is 51.0 Å². The van der Waals surface area contributed by atoms with Crippen molar-refractivity contribution >= 4 is 23.8 Å². The fourth-order valence-electron chi connectivity index (χ4n) is 2.95. The third-order valence-electron chi connectivity index (χ3n) is 4.32. The predicted molar refractivity (Wildman–Crippen MR) is 82.4 cm³/mol. The first-order chi connectivity index (χ1) is 10.2. The van der Waals surface area contributed by atoms with Gasteiger partial charge in [-0.15, -0.1) is 0 Å². The van der Waals surface area contributed by atoms with Crippen LogP contribution in [0.3, 0.4) is 0 Å². The zero-order chi connectivity index (χ0) is 15.1. The summed E-state index contributed by atoms with van der Waals surface area (Å²) in [6.45, 7) is 3.16. The van der Waals surface area contributed by atoms with Crippen molar-refractivity contribution in [3.63, 3.8) is 0 Å². The number of hydrogen-bond acceptors (Lipinski definition) is 5. The van der Waals surface area contributed by atoms with Crippen molar-refractivity contribution in [3.8, 4) is 0 Å². The van der Waals surface area contributed by atoms with Crippen LogP contribution in [0.25, 0.3) is 0 Å². The molecular formula is C15H25NO4S. The van der Waals surface area contributed by atoms with E-state index in [9.17, 15) is 9.59 Å². The maximum atomic E-state index is 11.9. The lowest BCUT2D eigenvalue weighted by molar-refractivity contribution is -0.167. The Bertz CT molecular complexity index is 363. The number of carbonyl (C=O) groups excluding carboxylic acids is 2. The van der Waals surface area contributed by atoms with Gasteiger partial charge in [-0.05, 0) is 32.1 Å². The molecule has 120 valence electrons. The molecule has 0 atom stereocenters. The molecule has 0 bridgehead atoms. The van der Waals surface area contributed by atoms with Gasteiger partial charge in [0.25, 0.3) is 0 Å².